The highest BCUT2D eigenvalue weighted by molar-refractivity contribution is 6.05. The molecule has 1 saturated heterocycles. The molecule has 0 saturated carbocycles. The molecule has 2 aromatic carbocycles. The molecule has 1 amide bonds. The molecule has 1 aromatic heterocycles. The average Bonchev–Trinajstić information content (AvgIpc) is 2.72. The second kappa shape index (κ2) is 7.66. The molecule has 3 aromatic rings. The van der Waals surface area contributed by atoms with E-state index in [0.29, 0.717) is 17.6 Å². The van der Waals surface area contributed by atoms with Crippen molar-refractivity contribution in [2.24, 2.45) is 0 Å². The van der Waals surface area contributed by atoms with Gasteiger partial charge in [0.05, 0.1) is 5.56 Å². The number of aromatic amines is 1. The molecule has 1 aliphatic heterocycles. The van der Waals surface area contributed by atoms with Gasteiger partial charge in [-0.1, -0.05) is 30.3 Å². The fourth-order valence-corrected chi connectivity index (χ4v) is 3.65. The third-order valence-corrected chi connectivity index (χ3v) is 5.11. The zero-order valence-electron chi connectivity index (χ0n) is 15.2. The van der Waals surface area contributed by atoms with Gasteiger partial charge in [-0.25, -0.2) is 0 Å². The number of nitrogens with one attached hydrogen (secondary N) is 2. The normalized spacial score (nSPS) is 14.3. The van der Waals surface area contributed by atoms with Crippen molar-refractivity contribution in [2.45, 2.75) is 25.8 Å². The smallest absolute Gasteiger partial charge is 0.252 e. The van der Waals surface area contributed by atoms with Gasteiger partial charge in [-0.3, -0.25) is 9.59 Å². The molecule has 0 aliphatic carbocycles. The van der Waals surface area contributed by atoms with Gasteiger partial charge in [-0.05, 0) is 43.0 Å². The van der Waals surface area contributed by atoms with Crippen LogP contribution in [0.2, 0.25) is 0 Å². The fraction of sp³-hybridized carbons (Fsp3) is 0.273. The summed E-state index contributed by atoms with van der Waals surface area (Å²) in [7, 11) is 0. The van der Waals surface area contributed by atoms with E-state index in [1.807, 2.05) is 18.2 Å². The number of carbonyl (C=O) groups excluding carboxylic acids is 1. The minimum absolute atomic E-state index is 0.239. The topological polar surface area (TPSA) is 65.2 Å². The molecule has 27 heavy (non-hydrogen) atoms. The van der Waals surface area contributed by atoms with Crippen molar-refractivity contribution in [3.05, 3.63) is 76.1 Å². The third-order valence-electron chi connectivity index (χ3n) is 5.11. The molecule has 0 radical (unpaired) electrons. The lowest BCUT2D eigenvalue weighted by molar-refractivity contribution is 0.0952. The summed E-state index contributed by atoms with van der Waals surface area (Å²) in [6.45, 7) is 2.66. The number of benzene rings is 2. The summed E-state index contributed by atoms with van der Waals surface area (Å²) in [4.78, 5) is 29.6. The zero-order valence-corrected chi connectivity index (χ0v) is 15.2. The van der Waals surface area contributed by atoms with Crippen LogP contribution >= 0.6 is 0 Å². The first-order valence-electron chi connectivity index (χ1n) is 9.45. The number of hydrogen-bond acceptors (Lipinski definition) is 3. The Balaban J connectivity index is 1.46. The van der Waals surface area contributed by atoms with Crippen LogP contribution in [0.1, 0.15) is 35.2 Å². The quantitative estimate of drug-likeness (QED) is 0.748. The number of rotatable bonds is 4. The molecule has 5 nitrogen and oxygen atoms in total. The van der Waals surface area contributed by atoms with Crippen molar-refractivity contribution < 1.29 is 4.79 Å². The second-order valence-corrected chi connectivity index (χ2v) is 6.99. The van der Waals surface area contributed by atoms with Crippen LogP contribution in [-0.4, -0.2) is 24.0 Å². The third kappa shape index (κ3) is 3.87. The second-order valence-electron chi connectivity index (χ2n) is 6.99. The molecule has 0 atom stereocenters. The van der Waals surface area contributed by atoms with E-state index >= 15 is 0 Å². The van der Waals surface area contributed by atoms with Gasteiger partial charge in [0.2, 0.25) is 5.56 Å². The summed E-state index contributed by atoms with van der Waals surface area (Å²) < 4.78 is 0. The Morgan fingerprint density at radius 3 is 2.52 bits per heavy atom. The first-order valence-corrected chi connectivity index (χ1v) is 9.45. The van der Waals surface area contributed by atoms with Crippen LogP contribution in [0.3, 0.4) is 0 Å². The average molecular weight is 361 g/mol. The molecule has 1 fully saturated rings. The Morgan fingerprint density at radius 1 is 1.00 bits per heavy atom. The number of hydrogen-bond donors (Lipinski definition) is 2. The highest BCUT2D eigenvalue weighted by Crippen LogP contribution is 2.20. The van der Waals surface area contributed by atoms with Crippen molar-refractivity contribution in [2.75, 3.05) is 18.0 Å². The van der Waals surface area contributed by atoms with E-state index in [1.54, 1.807) is 6.07 Å². The lowest BCUT2D eigenvalue weighted by atomic mass is 10.1. The molecular formula is C22H23N3O2. The van der Waals surface area contributed by atoms with Crippen LogP contribution in [0.25, 0.3) is 10.9 Å². The summed E-state index contributed by atoms with van der Waals surface area (Å²) in [5, 5.41) is 3.67. The lowest BCUT2D eigenvalue weighted by Crippen LogP contribution is -2.29. The number of aromatic nitrogens is 1. The standard InChI is InChI=1S/C22H23N3O2/c26-21-14-19(18-6-2-3-7-20(18)24-21)22(27)23-15-16-8-10-17(11-9-16)25-12-4-1-5-13-25/h2-3,6-11,14H,1,4-5,12-13,15H2,(H,23,27)(H,24,26). The predicted octanol–water partition coefficient (Wildman–Crippen LogP) is 3.45. The summed E-state index contributed by atoms with van der Waals surface area (Å²) in [6, 6.07) is 17.0. The van der Waals surface area contributed by atoms with Gasteiger partial charge in [0.25, 0.3) is 5.91 Å². The van der Waals surface area contributed by atoms with E-state index < -0.39 is 0 Å². The zero-order chi connectivity index (χ0) is 18.6. The molecule has 0 bridgehead atoms. The first kappa shape index (κ1) is 17.3. The maximum absolute atomic E-state index is 12.6. The van der Waals surface area contributed by atoms with Crippen molar-refractivity contribution in [1.29, 1.82) is 0 Å². The van der Waals surface area contributed by atoms with Gasteiger partial charge >= 0.3 is 0 Å². The molecule has 0 spiro atoms. The summed E-state index contributed by atoms with van der Waals surface area (Å²) in [5.74, 6) is -0.239. The molecule has 0 unspecified atom stereocenters. The van der Waals surface area contributed by atoms with Crippen LogP contribution in [0.15, 0.2) is 59.4 Å². The van der Waals surface area contributed by atoms with Gasteiger partial charge < -0.3 is 15.2 Å². The molecule has 2 N–H and O–H groups in total. The highest BCUT2D eigenvalue weighted by atomic mass is 16.2. The molecular weight excluding hydrogens is 338 g/mol. The minimum Gasteiger partial charge on any atom is -0.372 e. The first-order chi connectivity index (χ1) is 13.2. The van der Waals surface area contributed by atoms with Crippen molar-refractivity contribution in [3.8, 4) is 0 Å². The highest BCUT2D eigenvalue weighted by Gasteiger charge is 2.12. The number of para-hydroxylation sites is 1. The summed E-state index contributed by atoms with van der Waals surface area (Å²) in [5.41, 5.74) is 3.08. The van der Waals surface area contributed by atoms with E-state index in [9.17, 15) is 9.59 Å². The van der Waals surface area contributed by atoms with Crippen LogP contribution in [0, 0.1) is 0 Å². The largest absolute Gasteiger partial charge is 0.372 e. The number of amides is 1. The maximum atomic E-state index is 12.6. The van der Waals surface area contributed by atoms with E-state index in [0.717, 1.165) is 24.0 Å². The molecule has 4 rings (SSSR count). The summed E-state index contributed by atoms with van der Waals surface area (Å²) in [6.07, 6.45) is 3.82. The van der Waals surface area contributed by atoms with Crippen LogP contribution in [-0.2, 0) is 6.54 Å². The Morgan fingerprint density at radius 2 is 1.74 bits per heavy atom. The van der Waals surface area contributed by atoms with E-state index in [2.05, 4.69) is 39.5 Å². The Bertz CT molecular complexity index is 1000. The monoisotopic (exact) mass is 361 g/mol. The predicted molar refractivity (Wildman–Crippen MR) is 108 cm³/mol. The van der Waals surface area contributed by atoms with Gasteiger partial charge in [-0.15, -0.1) is 0 Å². The van der Waals surface area contributed by atoms with Crippen molar-refractivity contribution in [3.63, 3.8) is 0 Å². The van der Waals surface area contributed by atoms with Gasteiger partial charge in [0, 0.05) is 42.3 Å². The number of fused-ring (bicyclic) bond motifs is 1. The Labute approximate surface area is 158 Å². The van der Waals surface area contributed by atoms with Gasteiger partial charge in [0.15, 0.2) is 0 Å². The molecule has 5 heteroatoms. The fourth-order valence-electron chi connectivity index (χ4n) is 3.65. The molecule has 138 valence electrons. The van der Waals surface area contributed by atoms with Crippen molar-refractivity contribution >= 4 is 22.5 Å². The van der Waals surface area contributed by atoms with Crippen LogP contribution < -0.4 is 15.8 Å². The van der Waals surface area contributed by atoms with Crippen LogP contribution in [0.4, 0.5) is 5.69 Å². The van der Waals surface area contributed by atoms with Crippen LogP contribution in [0.5, 0.6) is 0 Å². The minimum atomic E-state index is -0.273. The summed E-state index contributed by atoms with van der Waals surface area (Å²) >= 11 is 0. The van der Waals surface area contributed by atoms with Crippen molar-refractivity contribution in [1.82, 2.24) is 10.3 Å². The maximum Gasteiger partial charge on any atom is 0.252 e. The van der Waals surface area contributed by atoms with Gasteiger partial charge in [0.1, 0.15) is 0 Å². The lowest BCUT2D eigenvalue weighted by Gasteiger charge is -2.28. The van der Waals surface area contributed by atoms with E-state index in [-0.39, 0.29) is 11.5 Å². The SMILES string of the molecule is O=C(NCc1ccc(N2CCCCC2)cc1)c1cc(=O)[nH]c2ccccc12. The van der Waals surface area contributed by atoms with Gasteiger partial charge in [-0.2, -0.15) is 0 Å². The number of piperidine rings is 1. The number of anilines is 1. The number of H-pyrrole nitrogens is 1. The number of nitrogens with zero attached hydrogens (tertiary/aromatic N) is 1. The molecule has 2 heterocycles. The van der Waals surface area contributed by atoms with E-state index in [1.165, 1.54) is 31.0 Å². The molecule has 1 aliphatic rings. The van der Waals surface area contributed by atoms with E-state index in [4.69, 9.17) is 0 Å². The number of pyridine rings is 1. The Kier molecular flexibility index (Phi) is 4.92. The number of carbonyl (C=O) groups is 1. The Hall–Kier alpha value is -3.08.